The zero-order valence-corrected chi connectivity index (χ0v) is 20.5. The number of hydrogen-bond acceptors (Lipinski definition) is 4. The van der Waals surface area contributed by atoms with E-state index in [-0.39, 0.29) is 24.0 Å². The van der Waals surface area contributed by atoms with Gasteiger partial charge in [0, 0.05) is 58.4 Å². The molecule has 1 aromatic rings. The molecule has 0 aromatic heterocycles. The highest BCUT2D eigenvalue weighted by Crippen LogP contribution is 2.17. The average molecular weight is 515 g/mol. The van der Waals surface area contributed by atoms with E-state index in [0.29, 0.717) is 12.1 Å². The van der Waals surface area contributed by atoms with Crippen molar-refractivity contribution in [2.24, 2.45) is 4.99 Å². The molecule has 1 N–H and O–H groups in total. The number of rotatable bonds is 7. The Morgan fingerprint density at radius 1 is 1.24 bits per heavy atom. The summed E-state index contributed by atoms with van der Waals surface area (Å²) in [5, 5.41) is 3.59. The first-order valence-corrected chi connectivity index (χ1v) is 10.7. The van der Waals surface area contributed by atoms with Crippen molar-refractivity contribution in [3.8, 4) is 0 Å². The molecule has 29 heavy (non-hydrogen) atoms. The fraction of sp³-hybridized carbons (Fsp3) is 0.682. The average Bonchev–Trinajstić information content (AvgIpc) is 3.22. The highest BCUT2D eigenvalue weighted by Gasteiger charge is 2.30. The number of nitrogens with zero attached hydrogens (tertiary/aromatic N) is 4. The molecule has 0 spiro atoms. The largest absolute Gasteiger partial charge is 0.379 e. The van der Waals surface area contributed by atoms with Crippen LogP contribution in [0.2, 0.25) is 0 Å². The van der Waals surface area contributed by atoms with Crippen LogP contribution in [0, 0.1) is 0 Å². The van der Waals surface area contributed by atoms with Crippen molar-refractivity contribution in [1.29, 1.82) is 0 Å². The molecule has 7 heteroatoms. The van der Waals surface area contributed by atoms with Crippen molar-refractivity contribution in [3.63, 3.8) is 0 Å². The van der Waals surface area contributed by atoms with Gasteiger partial charge in [-0.1, -0.05) is 30.3 Å². The molecule has 2 aliphatic heterocycles. The first-order valence-electron chi connectivity index (χ1n) is 10.7. The van der Waals surface area contributed by atoms with E-state index in [2.05, 4.69) is 69.3 Å². The van der Waals surface area contributed by atoms with Crippen LogP contribution in [0.5, 0.6) is 0 Å². The molecule has 2 aliphatic rings. The van der Waals surface area contributed by atoms with E-state index in [9.17, 15) is 0 Å². The van der Waals surface area contributed by atoms with Crippen molar-refractivity contribution in [1.82, 2.24) is 20.0 Å². The number of benzene rings is 1. The molecule has 2 saturated heterocycles. The normalized spacial score (nSPS) is 21.9. The van der Waals surface area contributed by atoms with E-state index in [4.69, 9.17) is 4.74 Å². The van der Waals surface area contributed by atoms with Gasteiger partial charge >= 0.3 is 0 Å². The smallest absolute Gasteiger partial charge is 0.193 e. The Morgan fingerprint density at radius 2 is 1.97 bits per heavy atom. The van der Waals surface area contributed by atoms with Crippen molar-refractivity contribution in [2.75, 3.05) is 60.0 Å². The quantitative estimate of drug-likeness (QED) is 0.344. The van der Waals surface area contributed by atoms with Gasteiger partial charge in [0.25, 0.3) is 0 Å². The summed E-state index contributed by atoms with van der Waals surface area (Å²) in [5.74, 6) is 1.05. The summed E-state index contributed by atoms with van der Waals surface area (Å²) in [5.41, 5.74) is 1.37. The van der Waals surface area contributed by atoms with Crippen LogP contribution in [0.3, 0.4) is 0 Å². The molecule has 2 atom stereocenters. The molecule has 0 radical (unpaired) electrons. The van der Waals surface area contributed by atoms with Crippen LogP contribution in [-0.4, -0.2) is 92.8 Å². The zero-order valence-electron chi connectivity index (χ0n) is 18.2. The van der Waals surface area contributed by atoms with Crippen LogP contribution in [-0.2, 0) is 11.3 Å². The van der Waals surface area contributed by atoms with Gasteiger partial charge in [-0.05, 0) is 32.4 Å². The SMILES string of the molecule is CN=C(NCCC(C)N(C)Cc1ccccc1)N1CCC(N2CCOCC2)C1.I. The predicted molar refractivity (Wildman–Crippen MR) is 131 cm³/mol. The first-order chi connectivity index (χ1) is 13.7. The molecule has 0 amide bonds. The van der Waals surface area contributed by atoms with E-state index >= 15 is 0 Å². The van der Waals surface area contributed by atoms with Crippen molar-refractivity contribution < 1.29 is 4.74 Å². The second kappa shape index (κ2) is 12.7. The van der Waals surface area contributed by atoms with Crippen LogP contribution in [0.25, 0.3) is 0 Å². The number of halogens is 1. The van der Waals surface area contributed by atoms with Gasteiger partial charge in [-0.3, -0.25) is 14.8 Å². The van der Waals surface area contributed by atoms with Crippen LogP contribution in [0.4, 0.5) is 0 Å². The fourth-order valence-corrected chi connectivity index (χ4v) is 4.15. The number of ether oxygens (including phenoxy) is 1. The highest BCUT2D eigenvalue weighted by atomic mass is 127. The molecule has 0 aliphatic carbocycles. The molecular weight excluding hydrogens is 477 g/mol. The maximum Gasteiger partial charge on any atom is 0.193 e. The van der Waals surface area contributed by atoms with E-state index in [1.165, 1.54) is 12.0 Å². The number of nitrogens with one attached hydrogen (secondary N) is 1. The summed E-state index contributed by atoms with van der Waals surface area (Å²) >= 11 is 0. The maximum absolute atomic E-state index is 5.49. The Hall–Kier alpha value is -0.900. The summed E-state index contributed by atoms with van der Waals surface area (Å²) in [4.78, 5) is 12.0. The van der Waals surface area contributed by atoms with Crippen molar-refractivity contribution in [2.45, 2.75) is 38.4 Å². The van der Waals surface area contributed by atoms with E-state index in [1.807, 2.05) is 7.05 Å². The molecule has 2 fully saturated rings. The molecule has 1 aromatic carbocycles. The van der Waals surface area contributed by atoms with Gasteiger partial charge in [0.2, 0.25) is 0 Å². The molecule has 3 rings (SSSR count). The number of guanidine groups is 1. The Morgan fingerprint density at radius 3 is 2.66 bits per heavy atom. The second-order valence-corrected chi connectivity index (χ2v) is 8.05. The fourth-order valence-electron chi connectivity index (χ4n) is 4.15. The lowest BCUT2D eigenvalue weighted by atomic mass is 10.1. The lowest BCUT2D eigenvalue weighted by Crippen LogP contribution is -2.47. The molecule has 0 bridgehead atoms. The Kier molecular flexibility index (Phi) is 10.7. The third-order valence-corrected chi connectivity index (χ3v) is 6.11. The van der Waals surface area contributed by atoms with Crippen LogP contribution in [0.1, 0.15) is 25.3 Å². The van der Waals surface area contributed by atoms with Crippen LogP contribution >= 0.6 is 24.0 Å². The second-order valence-electron chi connectivity index (χ2n) is 8.05. The van der Waals surface area contributed by atoms with E-state index in [1.54, 1.807) is 0 Å². The molecule has 0 saturated carbocycles. The van der Waals surface area contributed by atoms with Crippen LogP contribution < -0.4 is 5.32 Å². The molecule has 6 nitrogen and oxygen atoms in total. The Balaban J connectivity index is 0.00000300. The monoisotopic (exact) mass is 515 g/mol. The number of aliphatic imine (C=N–C) groups is 1. The molecule has 2 heterocycles. The van der Waals surface area contributed by atoms with Gasteiger partial charge in [-0.15, -0.1) is 24.0 Å². The third-order valence-electron chi connectivity index (χ3n) is 6.11. The number of morpholine rings is 1. The predicted octanol–water partition coefficient (Wildman–Crippen LogP) is 2.50. The minimum Gasteiger partial charge on any atom is -0.379 e. The maximum atomic E-state index is 5.49. The van der Waals surface area contributed by atoms with Gasteiger partial charge in [0.15, 0.2) is 5.96 Å². The van der Waals surface area contributed by atoms with Crippen molar-refractivity contribution >= 4 is 29.9 Å². The minimum atomic E-state index is 0. The van der Waals surface area contributed by atoms with Crippen molar-refractivity contribution in [3.05, 3.63) is 35.9 Å². The summed E-state index contributed by atoms with van der Waals surface area (Å²) in [7, 11) is 4.11. The lowest BCUT2D eigenvalue weighted by Gasteiger charge is -2.32. The van der Waals surface area contributed by atoms with Gasteiger partial charge in [0.05, 0.1) is 13.2 Å². The lowest BCUT2D eigenvalue weighted by molar-refractivity contribution is 0.0195. The molecular formula is C22H38IN5O. The Labute approximate surface area is 193 Å². The van der Waals surface area contributed by atoms with E-state index in [0.717, 1.165) is 64.9 Å². The standard InChI is InChI=1S/C22H37N5O.HI/c1-19(25(3)17-20-7-5-4-6-8-20)9-11-24-22(23-2)27-12-10-21(18-27)26-13-15-28-16-14-26;/h4-8,19,21H,9-18H2,1-3H3,(H,23,24);1H. The zero-order chi connectivity index (χ0) is 19.8. The van der Waals surface area contributed by atoms with Gasteiger partial charge in [0.1, 0.15) is 0 Å². The van der Waals surface area contributed by atoms with Gasteiger partial charge in [-0.2, -0.15) is 0 Å². The number of hydrogen-bond donors (Lipinski definition) is 1. The minimum absolute atomic E-state index is 0. The summed E-state index contributed by atoms with van der Waals surface area (Å²) < 4.78 is 5.49. The summed E-state index contributed by atoms with van der Waals surface area (Å²) in [6, 6.07) is 11.8. The molecule has 2 unspecified atom stereocenters. The van der Waals surface area contributed by atoms with Gasteiger partial charge in [-0.25, -0.2) is 0 Å². The summed E-state index contributed by atoms with van der Waals surface area (Å²) in [6.07, 6.45) is 2.32. The first kappa shape index (κ1) is 24.4. The third kappa shape index (κ3) is 7.38. The van der Waals surface area contributed by atoms with E-state index < -0.39 is 0 Å². The molecule has 164 valence electrons. The van der Waals surface area contributed by atoms with Gasteiger partial charge < -0.3 is 15.0 Å². The number of likely N-dealkylation sites (tertiary alicyclic amines) is 1. The Bertz CT molecular complexity index is 608. The summed E-state index contributed by atoms with van der Waals surface area (Å²) in [6.45, 7) is 10.3. The highest BCUT2D eigenvalue weighted by molar-refractivity contribution is 14.0. The van der Waals surface area contributed by atoms with Crippen LogP contribution in [0.15, 0.2) is 35.3 Å². The topological polar surface area (TPSA) is 43.3 Å².